The molecule has 6 rings (SSSR count). The second-order valence-electron chi connectivity index (χ2n) is 9.76. The van der Waals surface area contributed by atoms with E-state index in [4.69, 9.17) is 17.0 Å². The van der Waals surface area contributed by atoms with Crippen LogP contribution in [0.25, 0.3) is 10.9 Å². The zero-order valence-corrected chi connectivity index (χ0v) is 23.0. The Hall–Kier alpha value is -3.24. The molecule has 1 amide bonds. The molecule has 2 unspecified atom stereocenters. The summed E-state index contributed by atoms with van der Waals surface area (Å²) in [6, 6.07) is 13.9. The lowest BCUT2D eigenvalue weighted by Gasteiger charge is -2.37. The molecule has 2 aliphatic heterocycles. The number of amides is 1. The molecule has 4 heterocycles. The number of aryl methyl sites for hydroxylation is 1. The van der Waals surface area contributed by atoms with Gasteiger partial charge in [0.05, 0.1) is 18.8 Å². The summed E-state index contributed by atoms with van der Waals surface area (Å²) in [7, 11) is 0. The number of carbonyl (C=O) groups is 1. The van der Waals surface area contributed by atoms with Gasteiger partial charge in [-0.05, 0) is 67.5 Å². The van der Waals surface area contributed by atoms with Gasteiger partial charge in [0.25, 0.3) is 5.91 Å². The Balaban J connectivity index is 1.32. The lowest BCUT2D eigenvalue weighted by atomic mass is 9.89. The molecule has 1 N–H and O–H groups in total. The van der Waals surface area contributed by atoms with E-state index in [1.807, 2.05) is 38.2 Å². The average molecular weight is 580 g/mol. The van der Waals surface area contributed by atoms with Crippen LogP contribution in [0.3, 0.4) is 0 Å². The average Bonchev–Trinajstić information content (AvgIpc) is 3.58. The molecule has 1 fully saturated rings. The number of thiocarbonyl (C=S) groups is 1. The molecule has 2 atom stereocenters. The van der Waals surface area contributed by atoms with E-state index < -0.39 is 0 Å². The van der Waals surface area contributed by atoms with Gasteiger partial charge in [-0.2, -0.15) is 0 Å². The van der Waals surface area contributed by atoms with E-state index in [9.17, 15) is 4.79 Å². The predicted molar refractivity (Wildman–Crippen MR) is 148 cm³/mol. The molecule has 0 aliphatic carbocycles. The molecule has 0 saturated carbocycles. The summed E-state index contributed by atoms with van der Waals surface area (Å²) >= 11 is 9.52. The molecule has 2 aliphatic rings. The number of halogens is 1. The van der Waals surface area contributed by atoms with E-state index in [2.05, 4.69) is 60.4 Å². The van der Waals surface area contributed by atoms with Gasteiger partial charge in [0.1, 0.15) is 11.8 Å². The van der Waals surface area contributed by atoms with Crippen LogP contribution in [-0.4, -0.2) is 59.5 Å². The molecule has 1 saturated heterocycles. The van der Waals surface area contributed by atoms with Gasteiger partial charge in [-0.15, -0.1) is 5.10 Å². The smallest absolute Gasteiger partial charge is 0.252 e. The van der Waals surface area contributed by atoms with Crippen molar-refractivity contribution < 1.29 is 9.53 Å². The van der Waals surface area contributed by atoms with Gasteiger partial charge in [0.15, 0.2) is 5.11 Å². The summed E-state index contributed by atoms with van der Waals surface area (Å²) in [6.07, 6.45) is 4.97. The van der Waals surface area contributed by atoms with E-state index in [1.54, 1.807) is 15.8 Å². The maximum Gasteiger partial charge on any atom is 0.252 e. The number of aromatic amines is 1. The molecule has 2 aromatic heterocycles. The number of fused-ring (bicyclic) bond motifs is 4. The zero-order chi connectivity index (χ0) is 25.7. The molecule has 10 heteroatoms. The highest BCUT2D eigenvalue weighted by Crippen LogP contribution is 2.45. The van der Waals surface area contributed by atoms with Crippen LogP contribution in [0.1, 0.15) is 43.1 Å². The largest absolute Gasteiger partial charge is 0.494 e. The number of hydrogen-bond donors (Lipinski definition) is 1. The van der Waals surface area contributed by atoms with Gasteiger partial charge < -0.3 is 14.6 Å². The second-order valence-corrected chi connectivity index (χ2v) is 11.0. The molecule has 37 heavy (non-hydrogen) atoms. The number of hydrogen-bond acceptors (Lipinski definition) is 5. The molecule has 2 aromatic carbocycles. The number of H-pyrrole nitrogens is 1. The topological polar surface area (TPSA) is 79.3 Å². The maximum absolute atomic E-state index is 13.5. The molecule has 190 valence electrons. The Bertz CT molecular complexity index is 1470. The fourth-order valence-corrected chi connectivity index (χ4v) is 6.35. The monoisotopic (exact) mass is 578 g/mol. The molecule has 0 bridgehead atoms. The molecule has 4 aromatic rings. The quantitative estimate of drug-likeness (QED) is 0.249. The number of ether oxygens (including phenoxy) is 1. The van der Waals surface area contributed by atoms with Crippen molar-refractivity contribution in [3.8, 4) is 5.75 Å². The fraction of sp³-hybridized carbons (Fsp3) is 0.333. The van der Waals surface area contributed by atoms with Crippen molar-refractivity contribution in [1.29, 1.82) is 0 Å². The maximum atomic E-state index is 13.5. The molecule has 0 radical (unpaired) electrons. The van der Waals surface area contributed by atoms with Crippen molar-refractivity contribution in [3.05, 3.63) is 76.2 Å². The molecule has 8 nitrogen and oxygen atoms in total. The second kappa shape index (κ2) is 9.57. The SMILES string of the molecule is CC(C)N1C(=O)C2Cc3c([nH]c4ccc(Br)cc34)C(c3ccc(OCCCn4ccnn4)cc3)N2C1=S. The number of aromatic nitrogens is 4. The lowest BCUT2D eigenvalue weighted by Crippen LogP contribution is -2.44. The third-order valence-corrected chi connectivity index (χ3v) is 8.02. The Kier molecular flexibility index (Phi) is 6.24. The highest BCUT2D eigenvalue weighted by Gasteiger charge is 2.51. The van der Waals surface area contributed by atoms with Gasteiger partial charge in [0, 0.05) is 52.7 Å². The van der Waals surface area contributed by atoms with Crippen molar-refractivity contribution in [1.82, 2.24) is 29.8 Å². The highest BCUT2D eigenvalue weighted by molar-refractivity contribution is 9.10. The summed E-state index contributed by atoms with van der Waals surface area (Å²) in [5, 5.41) is 9.54. The Morgan fingerprint density at radius 1 is 1.22 bits per heavy atom. The minimum absolute atomic E-state index is 0.00350. The van der Waals surface area contributed by atoms with E-state index in [1.165, 1.54) is 5.56 Å². The number of nitrogens with zero attached hydrogens (tertiary/aromatic N) is 5. The predicted octanol–water partition coefficient (Wildman–Crippen LogP) is 4.84. The van der Waals surface area contributed by atoms with Crippen molar-refractivity contribution in [2.75, 3.05) is 6.61 Å². The van der Waals surface area contributed by atoms with Crippen molar-refractivity contribution >= 4 is 50.1 Å². The Morgan fingerprint density at radius 2 is 2.03 bits per heavy atom. The minimum Gasteiger partial charge on any atom is -0.494 e. The first-order valence-corrected chi connectivity index (χ1v) is 13.6. The minimum atomic E-state index is -0.321. The Morgan fingerprint density at radius 3 is 2.76 bits per heavy atom. The van der Waals surface area contributed by atoms with Crippen LogP contribution >= 0.6 is 28.1 Å². The lowest BCUT2D eigenvalue weighted by molar-refractivity contribution is -0.129. The number of rotatable bonds is 7. The molecular weight excluding hydrogens is 552 g/mol. The third-order valence-electron chi connectivity index (χ3n) is 7.12. The first-order valence-electron chi connectivity index (χ1n) is 12.4. The third kappa shape index (κ3) is 4.21. The summed E-state index contributed by atoms with van der Waals surface area (Å²) in [5.74, 6) is 0.881. The van der Waals surface area contributed by atoms with Gasteiger partial charge in [-0.25, -0.2) is 0 Å². The molecule has 0 spiro atoms. The van der Waals surface area contributed by atoms with Crippen LogP contribution in [-0.2, 0) is 17.8 Å². The van der Waals surface area contributed by atoms with Crippen LogP contribution in [0.15, 0.2) is 59.3 Å². The van der Waals surface area contributed by atoms with Crippen molar-refractivity contribution in [2.45, 2.75) is 51.4 Å². The summed E-state index contributed by atoms with van der Waals surface area (Å²) in [5.41, 5.74) is 4.39. The van der Waals surface area contributed by atoms with E-state index in [0.717, 1.165) is 45.3 Å². The number of benzene rings is 2. The zero-order valence-electron chi connectivity index (χ0n) is 20.6. The van der Waals surface area contributed by atoms with Crippen LogP contribution in [0.5, 0.6) is 5.75 Å². The highest BCUT2D eigenvalue weighted by atomic mass is 79.9. The molecular formula is C27H27BrN6O2S. The normalized spacial score (nSPS) is 19.1. The van der Waals surface area contributed by atoms with E-state index in [-0.39, 0.29) is 24.0 Å². The first-order chi connectivity index (χ1) is 17.9. The van der Waals surface area contributed by atoms with Crippen molar-refractivity contribution in [2.24, 2.45) is 0 Å². The Labute approximate surface area is 228 Å². The van der Waals surface area contributed by atoms with Gasteiger partial charge in [-0.1, -0.05) is 33.3 Å². The standard InChI is InChI=1S/C27H27BrN6O2S/c1-16(2)33-26(35)23-15-21-20-14-18(28)6-9-22(20)30-24(21)25(34(23)27(33)37)17-4-7-19(8-5-17)36-13-3-11-32-12-10-29-31-32/h4-10,12,14,16,23,25,30H,3,11,13,15H2,1-2H3. The van der Waals surface area contributed by atoms with Crippen LogP contribution in [0.2, 0.25) is 0 Å². The van der Waals surface area contributed by atoms with Crippen LogP contribution in [0.4, 0.5) is 0 Å². The van der Waals surface area contributed by atoms with Gasteiger partial charge >= 0.3 is 0 Å². The number of nitrogens with one attached hydrogen (secondary N) is 1. The van der Waals surface area contributed by atoms with Gasteiger partial charge in [0.2, 0.25) is 0 Å². The first kappa shape index (κ1) is 24.1. The van der Waals surface area contributed by atoms with E-state index in [0.29, 0.717) is 18.1 Å². The van der Waals surface area contributed by atoms with Crippen LogP contribution < -0.4 is 4.74 Å². The summed E-state index contributed by atoms with van der Waals surface area (Å²) in [4.78, 5) is 21.1. The van der Waals surface area contributed by atoms with Gasteiger partial charge in [-0.3, -0.25) is 14.4 Å². The van der Waals surface area contributed by atoms with Crippen LogP contribution in [0, 0.1) is 0 Å². The summed E-state index contributed by atoms with van der Waals surface area (Å²) in [6.45, 7) is 5.37. The van der Waals surface area contributed by atoms with E-state index >= 15 is 0 Å². The number of carbonyl (C=O) groups excluding carboxylic acids is 1. The fourth-order valence-electron chi connectivity index (χ4n) is 5.45. The summed E-state index contributed by atoms with van der Waals surface area (Å²) < 4.78 is 8.79. The van der Waals surface area contributed by atoms with Crippen molar-refractivity contribution in [3.63, 3.8) is 0 Å².